The predicted octanol–water partition coefficient (Wildman–Crippen LogP) is 3.28. The fourth-order valence-corrected chi connectivity index (χ4v) is 3.58. The highest BCUT2D eigenvalue weighted by Gasteiger charge is 2.29. The monoisotopic (exact) mass is 357 g/mol. The molecule has 6 nitrogen and oxygen atoms in total. The third kappa shape index (κ3) is 3.96. The lowest BCUT2D eigenvalue weighted by Gasteiger charge is -2.34. The van der Waals surface area contributed by atoms with E-state index in [4.69, 9.17) is 9.15 Å². The Kier molecular flexibility index (Phi) is 5.42. The van der Waals surface area contributed by atoms with Crippen molar-refractivity contribution >= 4 is 11.9 Å². The normalized spacial score (nSPS) is 20.7. The summed E-state index contributed by atoms with van der Waals surface area (Å²) < 4.78 is 10.8. The van der Waals surface area contributed by atoms with Gasteiger partial charge < -0.3 is 14.3 Å². The van der Waals surface area contributed by atoms with E-state index >= 15 is 0 Å². The van der Waals surface area contributed by atoms with Crippen molar-refractivity contribution in [2.75, 3.05) is 20.2 Å². The second-order valence-corrected chi connectivity index (χ2v) is 6.87. The second kappa shape index (κ2) is 7.74. The molecule has 2 atom stereocenters. The molecule has 6 heteroatoms. The first kappa shape index (κ1) is 18.2. The number of esters is 1. The summed E-state index contributed by atoms with van der Waals surface area (Å²) in [7, 11) is 1.35. The smallest absolute Gasteiger partial charge is 0.338 e. The highest BCUT2D eigenvalue weighted by atomic mass is 16.5. The Labute approximate surface area is 152 Å². The van der Waals surface area contributed by atoms with E-state index in [9.17, 15) is 14.7 Å². The number of benzene rings is 1. The van der Waals surface area contributed by atoms with Gasteiger partial charge in [-0.1, -0.05) is 25.1 Å². The molecule has 0 amide bonds. The number of ether oxygens (including phenoxy) is 1. The SMILES string of the molecule is COC(=O)c1ccccc1-c1ccc(CN2CC(C)CC(C(=O)O)C2)o1. The van der Waals surface area contributed by atoms with Gasteiger partial charge in [0.05, 0.1) is 25.1 Å². The minimum Gasteiger partial charge on any atom is -0.481 e. The van der Waals surface area contributed by atoms with Crippen LogP contribution in [-0.4, -0.2) is 42.1 Å². The Hall–Kier alpha value is -2.60. The molecule has 1 aromatic heterocycles. The summed E-state index contributed by atoms with van der Waals surface area (Å²) in [4.78, 5) is 25.4. The van der Waals surface area contributed by atoms with E-state index in [0.29, 0.717) is 42.3 Å². The fourth-order valence-electron chi connectivity index (χ4n) is 3.58. The van der Waals surface area contributed by atoms with E-state index in [2.05, 4.69) is 11.8 Å². The van der Waals surface area contributed by atoms with Crippen LogP contribution in [0.1, 0.15) is 29.5 Å². The Bertz CT molecular complexity index is 797. The van der Waals surface area contributed by atoms with Gasteiger partial charge in [0.25, 0.3) is 0 Å². The first-order valence-corrected chi connectivity index (χ1v) is 8.69. The number of aliphatic carboxylic acids is 1. The number of rotatable bonds is 5. The van der Waals surface area contributed by atoms with Crippen molar-refractivity contribution in [3.05, 3.63) is 47.7 Å². The van der Waals surface area contributed by atoms with Gasteiger partial charge in [-0.05, 0) is 30.5 Å². The Balaban J connectivity index is 1.77. The van der Waals surface area contributed by atoms with Gasteiger partial charge in [0, 0.05) is 18.7 Å². The van der Waals surface area contributed by atoms with Gasteiger partial charge in [-0.25, -0.2) is 4.79 Å². The van der Waals surface area contributed by atoms with E-state index < -0.39 is 11.9 Å². The number of carboxylic acid groups (broad SMARTS) is 1. The van der Waals surface area contributed by atoms with Crippen molar-refractivity contribution in [1.29, 1.82) is 0 Å². The molecule has 1 aliphatic rings. The molecule has 138 valence electrons. The number of carboxylic acids is 1. The van der Waals surface area contributed by atoms with Crippen molar-refractivity contribution in [3.63, 3.8) is 0 Å². The summed E-state index contributed by atoms with van der Waals surface area (Å²) >= 11 is 0. The Morgan fingerprint density at radius 2 is 2.00 bits per heavy atom. The lowest BCUT2D eigenvalue weighted by Crippen LogP contribution is -2.41. The standard InChI is InChI=1S/C20H23NO5/c1-13-9-14(19(22)23)11-21(10-13)12-15-7-8-18(26-15)16-5-3-4-6-17(16)20(24)25-2/h3-8,13-14H,9-12H2,1-2H3,(H,22,23). The highest BCUT2D eigenvalue weighted by Crippen LogP contribution is 2.28. The third-order valence-electron chi connectivity index (χ3n) is 4.72. The number of hydrogen-bond acceptors (Lipinski definition) is 5. The van der Waals surface area contributed by atoms with Crippen LogP contribution < -0.4 is 0 Å². The van der Waals surface area contributed by atoms with Crippen LogP contribution >= 0.6 is 0 Å². The number of furan rings is 1. The molecule has 1 saturated heterocycles. The van der Waals surface area contributed by atoms with Crippen LogP contribution in [0.2, 0.25) is 0 Å². The van der Waals surface area contributed by atoms with Crippen molar-refractivity contribution in [2.24, 2.45) is 11.8 Å². The molecule has 0 bridgehead atoms. The largest absolute Gasteiger partial charge is 0.481 e. The van der Waals surface area contributed by atoms with Gasteiger partial charge in [0.15, 0.2) is 0 Å². The number of likely N-dealkylation sites (tertiary alicyclic amines) is 1. The minimum absolute atomic E-state index is 0.333. The molecular weight excluding hydrogens is 334 g/mol. The van der Waals surface area contributed by atoms with Crippen LogP contribution in [0.25, 0.3) is 11.3 Å². The van der Waals surface area contributed by atoms with Crippen LogP contribution in [0.15, 0.2) is 40.8 Å². The predicted molar refractivity (Wildman–Crippen MR) is 95.7 cm³/mol. The Morgan fingerprint density at radius 1 is 1.23 bits per heavy atom. The number of carbonyl (C=O) groups is 2. The summed E-state index contributed by atoms with van der Waals surface area (Å²) in [5.41, 5.74) is 1.13. The molecule has 26 heavy (non-hydrogen) atoms. The van der Waals surface area contributed by atoms with Crippen molar-refractivity contribution in [3.8, 4) is 11.3 Å². The molecule has 2 aromatic rings. The maximum atomic E-state index is 11.9. The third-order valence-corrected chi connectivity index (χ3v) is 4.72. The molecule has 0 saturated carbocycles. The summed E-state index contributed by atoms with van der Waals surface area (Å²) in [6.07, 6.45) is 0.710. The molecule has 3 rings (SSSR count). The summed E-state index contributed by atoms with van der Waals surface area (Å²) in [5.74, 6) is 0.188. The summed E-state index contributed by atoms with van der Waals surface area (Å²) in [6.45, 7) is 3.99. The van der Waals surface area contributed by atoms with Crippen molar-refractivity contribution < 1.29 is 23.8 Å². The molecule has 1 N–H and O–H groups in total. The van der Waals surface area contributed by atoms with E-state index in [1.165, 1.54) is 7.11 Å². The van der Waals surface area contributed by atoms with Crippen LogP contribution in [0.5, 0.6) is 0 Å². The van der Waals surface area contributed by atoms with E-state index in [1.807, 2.05) is 24.3 Å². The zero-order valence-electron chi connectivity index (χ0n) is 15.0. The molecule has 0 radical (unpaired) electrons. The van der Waals surface area contributed by atoms with Crippen LogP contribution in [0.4, 0.5) is 0 Å². The van der Waals surface area contributed by atoms with Crippen molar-refractivity contribution in [2.45, 2.75) is 19.9 Å². The first-order chi connectivity index (χ1) is 12.5. The van der Waals surface area contributed by atoms with Gasteiger partial charge in [-0.15, -0.1) is 0 Å². The van der Waals surface area contributed by atoms with E-state index in [-0.39, 0.29) is 5.92 Å². The van der Waals surface area contributed by atoms with Gasteiger partial charge >= 0.3 is 11.9 Å². The van der Waals surface area contributed by atoms with Gasteiger partial charge in [-0.2, -0.15) is 0 Å². The van der Waals surface area contributed by atoms with Gasteiger partial charge in [-0.3, -0.25) is 9.69 Å². The number of hydrogen-bond donors (Lipinski definition) is 1. The van der Waals surface area contributed by atoms with Crippen LogP contribution in [0, 0.1) is 11.8 Å². The maximum absolute atomic E-state index is 11.9. The number of piperidine rings is 1. The van der Waals surface area contributed by atoms with Crippen LogP contribution in [-0.2, 0) is 16.1 Å². The lowest BCUT2D eigenvalue weighted by atomic mass is 9.90. The first-order valence-electron chi connectivity index (χ1n) is 8.69. The van der Waals surface area contributed by atoms with Crippen LogP contribution in [0.3, 0.4) is 0 Å². The van der Waals surface area contributed by atoms with Gasteiger partial charge in [0.1, 0.15) is 11.5 Å². The molecule has 0 aliphatic carbocycles. The molecule has 2 heterocycles. The van der Waals surface area contributed by atoms with E-state index in [0.717, 1.165) is 12.3 Å². The summed E-state index contributed by atoms with van der Waals surface area (Å²) in [6, 6.07) is 10.8. The molecule has 1 aromatic carbocycles. The zero-order chi connectivity index (χ0) is 18.7. The highest BCUT2D eigenvalue weighted by molar-refractivity contribution is 5.96. The topological polar surface area (TPSA) is 80.0 Å². The lowest BCUT2D eigenvalue weighted by molar-refractivity contribution is -0.144. The average molecular weight is 357 g/mol. The number of carbonyl (C=O) groups excluding carboxylic acids is 1. The maximum Gasteiger partial charge on any atom is 0.338 e. The van der Waals surface area contributed by atoms with Gasteiger partial charge in [0.2, 0.25) is 0 Å². The second-order valence-electron chi connectivity index (χ2n) is 6.87. The molecule has 0 spiro atoms. The Morgan fingerprint density at radius 3 is 2.73 bits per heavy atom. The average Bonchev–Trinajstić information content (AvgIpc) is 3.08. The fraction of sp³-hybridized carbons (Fsp3) is 0.400. The van der Waals surface area contributed by atoms with E-state index in [1.54, 1.807) is 12.1 Å². The molecule has 1 fully saturated rings. The minimum atomic E-state index is -0.742. The quantitative estimate of drug-likeness (QED) is 0.827. The number of methoxy groups -OCH3 is 1. The summed E-state index contributed by atoms with van der Waals surface area (Å²) in [5, 5.41) is 9.30. The molecule has 2 unspecified atom stereocenters. The number of nitrogens with zero attached hydrogens (tertiary/aromatic N) is 1. The zero-order valence-corrected chi connectivity index (χ0v) is 15.0. The molecule has 1 aliphatic heterocycles. The molecular formula is C20H23NO5. The van der Waals surface area contributed by atoms with Crippen molar-refractivity contribution in [1.82, 2.24) is 4.90 Å².